The summed E-state index contributed by atoms with van der Waals surface area (Å²) in [5.41, 5.74) is 12.0. The molecular formula is C10H9ClN4OS. The summed E-state index contributed by atoms with van der Waals surface area (Å²) in [6, 6.07) is 1.50. The van der Waals surface area contributed by atoms with Crippen LogP contribution in [0.3, 0.4) is 0 Å². The molecule has 0 unspecified atom stereocenters. The van der Waals surface area contributed by atoms with E-state index in [4.69, 9.17) is 23.1 Å². The third kappa shape index (κ3) is 2.72. The minimum Gasteiger partial charge on any atom is -0.383 e. The third-order valence-corrected chi connectivity index (χ3v) is 3.03. The zero-order chi connectivity index (χ0) is 12.4. The monoisotopic (exact) mass is 268 g/mol. The Kier molecular flexibility index (Phi) is 3.26. The minimum atomic E-state index is -0.178. The maximum absolute atomic E-state index is 11.9. The lowest BCUT2D eigenvalue weighted by Crippen LogP contribution is -2.08. The number of hydrogen-bond acceptors (Lipinski definition) is 6. The molecule has 0 spiro atoms. The summed E-state index contributed by atoms with van der Waals surface area (Å²) in [6.45, 7) is 0. The lowest BCUT2D eigenvalue weighted by molar-refractivity contribution is 0.0992. The lowest BCUT2D eigenvalue weighted by Gasteiger charge is -2.02. The Labute approximate surface area is 106 Å². The van der Waals surface area contributed by atoms with E-state index in [1.54, 1.807) is 5.38 Å². The SMILES string of the molecule is Nc1nc(CC(=O)c2cc(Cl)cnc2N)cs1. The van der Waals surface area contributed by atoms with Crippen molar-refractivity contribution in [3.8, 4) is 0 Å². The van der Waals surface area contributed by atoms with Crippen LogP contribution in [0.2, 0.25) is 5.02 Å². The van der Waals surface area contributed by atoms with Crippen molar-refractivity contribution in [1.29, 1.82) is 0 Å². The number of ketones is 1. The van der Waals surface area contributed by atoms with Gasteiger partial charge in [-0.05, 0) is 6.07 Å². The summed E-state index contributed by atoms with van der Waals surface area (Å²) in [6.07, 6.45) is 1.54. The number of hydrogen-bond donors (Lipinski definition) is 2. The Hall–Kier alpha value is -1.66. The van der Waals surface area contributed by atoms with E-state index in [-0.39, 0.29) is 18.0 Å². The molecule has 0 aliphatic heterocycles. The summed E-state index contributed by atoms with van der Waals surface area (Å²) < 4.78 is 0. The van der Waals surface area contributed by atoms with Crippen LogP contribution in [-0.4, -0.2) is 15.8 Å². The zero-order valence-corrected chi connectivity index (χ0v) is 10.3. The first-order valence-corrected chi connectivity index (χ1v) is 5.96. The van der Waals surface area contributed by atoms with Crippen LogP contribution in [0.1, 0.15) is 16.1 Å². The molecule has 2 aromatic rings. The van der Waals surface area contributed by atoms with Crippen LogP contribution in [0.5, 0.6) is 0 Å². The first-order chi connectivity index (χ1) is 8.06. The van der Waals surface area contributed by atoms with E-state index >= 15 is 0 Å². The molecular weight excluding hydrogens is 260 g/mol. The first-order valence-electron chi connectivity index (χ1n) is 4.70. The van der Waals surface area contributed by atoms with Crippen LogP contribution in [0.15, 0.2) is 17.6 Å². The van der Waals surface area contributed by atoms with E-state index in [1.807, 2.05) is 0 Å². The number of halogens is 1. The molecule has 7 heteroatoms. The molecule has 2 rings (SSSR count). The molecule has 17 heavy (non-hydrogen) atoms. The number of Topliss-reactive ketones (excluding diaryl/α,β-unsaturated/α-hetero) is 1. The van der Waals surface area contributed by atoms with Gasteiger partial charge in [0.1, 0.15) is 5.82 Å². The second kappa shape index (κ2) is 4.68. The Morgan fingerprint density at radius 1 is 1.47 bits per heavy atom. The molecule has 0 bridgehead atoms. The smallest absolute Gasteiger partial charge is 0.180 e. The maximum atomic E-state index is 11.9. The fourth-order valence-electron chi connectivity index (χ4n) is 1.34. The number of carbonyl (C=O) groups is 1. The van der Waals surface area contributed by atoms with Crippen LogP contribution < -0.4 is 11.5 Å². The van der Waals surface area contributed by atoms with Gasteiger partial charge in [0.15, 0.2) is 10.9 Å². The van der Waals surface area contributed by atoms with Gasteiger partial charge in [0.25, 0.3) is 0 Å². The molecule has 0 fully saturated rings. The lowest BCUT2D eigenvalue weighted by atomic mass is 10.1. The highest BCUT2D eigenvalue weighted by Crippen LogP contribution is 2.18. The van der Waals surface area contributed by atoms with Gasteiger partial charge in [-0.25, -0.2) is 9.97 Å². The molecule has 5 nitrogen and oxygen atoms in total. The normalized spacial score (nSPS) is 10.4. The van der Waals surface area contributed by atoms with Crippen molar-refractivity contribution in [3.05, 3.63) is 33.9 Å². The van der Waals surface area contributed by atoms with E-state index < -0.39 is 0 Å². The standard InChI is InChI=1S/C10H9ClN4OS/c11-5-1-7(9(12)14-3-5)8(16)2-6-4-17-10(13)15-6/h1,3-4H,2H2,(H2,12,14)(H2,13,15). The maximum Gasteiger partial charge on any atom is 0.180 e. The Balaban J connectivity index is 2.22. The summed E-state index contributed by atoms with van der Waals surface area (Å²) in [7, 11) is 0. The molecule has 88 valence electrons. The molecule has 2 heterocycles. The van der Waals surface area contributed by atoms with Crippen molar-refractivity contribution in [3.63, 3.8) is 0 Å². The van der Waals surface area contributed by atoms with Gasteiger partial charge in [-0.15, -0.1) is 11.3 Å². The van der Waals surface area contributed by atoms with Crippen molar-refractivity contribution >= 4 is 39.7 Å². The number of rotatable bonds is 3. The highest BCUT2D eigenvalue weighted by Gasteiger charge is 2.13. The van der Waals surface area contributed by atoms with Crippen molar-refractivity contribution in [1.82, 2.24) is 9.97 Å². The number of thiazole rings is 1. The Morgan fingerprint density at radius 2 is 2.24 bits per heavy atom. The van der Waals surface area contributed by atoms with Gasteiger partial charge in [-0.2, -0.15) is 0 Å². The van der Waals surface area contributed by atoms with Crippen LogP contribution in [-0.2, 0) is 6.42 Å². The Bertz CT molecular complexity index is 569. The molecule has 0 amide bonds. The molecule has 0 saturated heterocycles. The largest absolute Gasteiger partial charge is 0.383 e. The average Bonchev–Trinajstić information content (AvgIpc) is 2.67. The molecule has 4 N–H and O–H groups in total. The number of carbonyl (C=O) groups excluding carboxylic acids is 1. The highest BCUT2D eigenvalue weighted by atomic mass is 35.5. The van der Waals surface area contributed by atoms with Gasteiger partial charge in [0.2, 0.25) is 0 Å². The van der Waals surface area contributed by atoms with Gasteiger partial charge >= 0.3 is 0 Å². The van der Waals surface area contributed by atoms with E-state index in [0.717, 1.165) is 0 Å². The van der Waals surface area contributed by atoms with Crippen molar-refractivity contribution in [2.45, 2.75) is 6.42 Å². The predicted molar refractivity (Wildman–Crippen MR) is 68.2 cm³/mol. The number of anilines is 2. The van der Waals surface area contributed by atoms with Crippen LogP contribution >= 0.6 is 22.9 Å². The van der Waals surface area contributed by atoms with Crippen LogP contribution in [0.25, 0.3) is 0 Å². The summed E-state index contributed by atoms with van der Waals surface area (Å²) in [5, 5.41) is 2.55. The highest BCUT2D eigenvalue weighted by molar-refractivity contribution is 7.13. The number of aromatic nitrogens is 2. The van der Waals surface area contributed by atoms with E-state index in [9.17, 15) is 4.79 Å². The molecule has 2 aromatic heterocycles. The quantitative estimate of drug-likeness (QED) is 0.828. The van der Waals surface area contributed by atoms with E-state index in [1.165, 1.54) is 23.6 Å². The first kappa shape index (κ1) is 11.8. The van der Waals surface area contributed by atoms with Gasteiger partial charge in [-0.1, -0.05) is 11.6 Å². The summed E-state index contributed by atoms with van der Waals surface area (Å²) >= 11 is 7.05. The molecule has 0 aliphatic rings. The number of pyridine rings is 1. The van der Waals surface area contributed by atoms with Crippen LogP contribution in [0.4, 0.5) is 10.9 Å². The third-order valence-electron chi connectivity index (χ3n) is 2.10. The second-order valence-electron chi connectivity index (χ2n) is 3.36. The van der Waals surface area contributed by atoms with Gasteiger partial charge in [0.05, 0.1) is 22.7 Å². The molecule has 0 atom stereocenters. The predicted octanol–water partition coefficient (Wildman–Crippen LogP) is 1.78. The molecule has 0 radical (unpaired) electrons. The number of nitrogens with zero attached hydrogens (tertiary/aromatic N) is 2. The second-order valence-corrected chi connectivity index (χ2v) is 4.69. The van der Waals surface area contributed by atoms with Crippen molar-refractivity contribution in [2.75, 3.05) is 11.5 Å². The van der Waals surface area contributed by atoms with Crippen molar-refractivity contribution < 1.29 is 4.79 Å². The van der Waals surface area contributed by atoms with E-state index in [0.29, 0.717) is 21.4 Å². The van der Waals surface area contributed by atoms with Gasteiger partial charge in [0, 0.05) is 11.6 Å². The minimum absolute atomic E-state index is 0.139. The number of nitrogens with two attached hydrogens (primary N) is 2. The van der Waals surface area contributed by atoms with Crippen LogP contribution in [0, 0.1) is 0 Å². The molecule has 0 aromatic carbocycles. The topological polar surface area (TPSA) is 94.9 Å². The molecule has 0 saturated carbocycles. The summed E-state index contributed by atoms with van der Waals surface area (Å²) in [4.78, 5) is 19.8. The van der Waals surface area contributed by atoms with Crippen molar-refractivity contribution in [2.24, 2.45) is 0 Å². The average molecular weight is 269 g/mol. The van der Waals surface area contributed by atoms with Gasteiger partial charge < -0.3 is 11.5 Å². The fraction of sp³-hybridized carbons (Fsp3) is 0.100. The molecule has 0 aliphatic carbocycles. The Morgan fingerprint density at radius 3 is 2.88 bits per heavy atom. The van der Waals surface area contributed by atoms with E-state index in [2.05, 4.69) is 9.97 Å². The fourth-order valence-corrected chi connectivity index (χ4v) is 2.06. The summed E-state index contributed by atoms with van der Waals surface area (Å²) in [5.74, 6) is -0.00889. The van der Waals surface area contributed by atoms with Gasteiger partial charge in [-0.3, -0.25) is 4.79 Å². The zero-order valence-electron chi connectivity index (χ0n) is 8.68. The number of nitrogen functional groups attached to an aromatic ring is 2.